The fraction of sp³-hybridized carbons (Fsp3) is 0.857. The van der Waals surface area contributed by atoms with Gasteiger partial charge in [0.1, 0.15) is 12.2 Å². The Morgan fingerprint density at radius 3 is 2.83 bits per heavy atom. The van der Waals surface area contributed by atoms with Gasteiger partial charge >= 0.3 is 5.97 Å². The molecular formula is C7H13ClFNO2. The minimum Gasteiger partial charge on any atom is -0.465 e. The third kappa shape index (κ3) is 2.95. The van der Waals surface area contributed by atoms with Crippen molar-refractivity contribution in [3.8, 4) is 0 Å². The summed E-state index contributed by atoms with van der Waals surface area (Å²) in [7, 11) is 0. The monoisotopic (exact) mass is 197 g/mol. The zero-order valence-corrected chi connectivity index (χ0v) is 7.70. The van der Waals surface area contributed by atoms with Crippen molar-refractivity contribution in [1.29, 1.82) is 0 Å². The molecule has 1 heterocycles. The van der Waals surface area contributed by atoms with E-state index < -0.39 is 12.2 Å². The number of alkyl halides is 1. The van der Waals surface area contributed by atoms with Crippen LogP contribution in [0, 0.1) is 0 Å². The average Bonchev–Trinajstić information content (AvgIpc) is 2.36. The Morgan fingerprint density at radius 1 is 1.75 bits per heavy atom. The van der Waals surface area contributed by atoms with Crippen LogP contribution in [0.1, 0.15) is 13.3 Å². The Hall–Kier alpha value is -0.350. The molecular weight excluding hydrogens is 185 g/mol. The maximum Gasteiger partial charge on any atom is 0.323 e. The minimum atomic E-state index is -0.899. The molecule has 0 aromatic rings. The maximum absolute atomic E-state index is 12.5. The molecule has 72 valence electrons. The summed E-state index contributed by atoms with van der Waals surface area (Å²) in [5.74, 6) is -0.340. The van der Waals surface area contributed by atoms with Gasteiger partial charge in [0.05, 0.1) is 6.61 Å². The van der Waals surface area contributed by atoms with E-state index in [4.69, 9.17) is 4.74 Å². The molecule has 1 N–H and O–H groups in total. The van der Waals surface area contributed by atoms with E-state index in [0.717, 1.165) is 0 Å². The molecule has 2 unspecified atom stereocenters. The minimum absolute atomic E-state index is 0. The summed E-state index contributed by atoms with van der Waals surface area (Å²) in [6.45, 7) is 2.36. The van der Waals surface area contributed by atoms with Crippen LogP contribution in [0.5, 0.6) is 0 Å². The third-order valence-electron chi connectivity index (χ3n) is 1.65. The van der Waals surface area contributed by atoms with Crippen LogP contribution in [-0.4, -0.2) is 31.3 Å². The Labute approximate surface area is 77.1 Å². The Balaban J connectivity index is 0.00000121. The quantitative estimate of drug-likeness (QED) is 0.662. The fourth-order valence-corrected chi connectivity index (χ4v) is 1.11. The van der Waals surface area contributed by atoms with Gasteiger partial charge in [-0.1, -0.05) is 0 Å². The molecule has 0 saturated carbocycles. The summed E-state index contributed by atoms with van der Waals surface area (Å²) in [6, 6.07) is -0.426. The van der Waals surface area contributed by atoms with Crippen LogP contribution in [0.15, 0.2) is 0 Å². The van der Waals surface area contributed by atoms with Gasteiger partial charge in [-0.15, -0.1) is 12.4 Å². The summed E-state index contributed by atoms with van der Waals surface area (Å²) in [4.78, 5) is 10.9. The second-order valence-electron chi connectivity index (χ2n) is 2.55. The van der Waals surface area contributed by atoms with E-state index in [-0.39, 0.29) is 31.3 Å². The van der Waals surface area contributed by atoms with Crippen molar-refractivity contribution in [1.82, 2.24) is 5.32 Å². The summed E-state index contributed by atoms with van der Waals surface area (Å²) in [6.07, 6.45) is -0.650. The van der Waals surface area contributed by atoms with Gasteiger partial charge in [-0.2, -0.15) is 0 Å². The second kappa shape index (κ2) is 5.32. The van der Waals surface area contributed by atoms with Gasteiger partial charge < -0.3 is 10.1 Å². The van der Waals surface area contributed by atoms with Crippen LogP contribution in [-0.2, 0) is 9.53 Å². The van der Waals surface area contributed by atoms with Crippen molar-refractivity contribution in [2.75, 3.05) is 13.2 Å². The van der Waals surface area contributed by atoms with Gasteiger partial charge in [-0.05, 0) is 6.92 Å². The van der Waals surface area contributed by atoms with Gasteiger partial charge in [0.2, 0.25) is 0 Å². The molecule has 1 rings (SSSR count). The predicted octanol–water partition coefficient (Wildman–Crippen LogP) is 0.671. The topological polar surface area (TPSA) is 38.3 Å². The number of hydrogen-bond acceptors (Lipinski definition) is 3. The zero-order valence-electron chi connectivity index (χ0n) is 6.88. The highest BCUT2D eigenvalue weighted by molar-refractivity contribution is 5.85. The number of carbonyl (C=O) groups excluding carboxylic acids is 1. The number of esters is 1. The van der Waals surface area contributed by atoms with Crippen molar-refractivity contribution in [3.05, 3.63) is 0 Å². The van der Waals surface area contributed by atoms with Crippen LogP contribution in [0.3, 0.4) is 0 Å². The SMILES string of the molecule is CCOC(=O)C1CC(F)CN1.Cl. The van der Waals surface area contributed by atoms with Crippen LogP contribution < -0.4 is 5.32 Å². The van der Waals surface area contributed by atoms with E-state index in [1.54, 1.807) is 6.92 Å². The molecule has 0 aromatic heterocycles. The second-order valence-corrected chi connectivity index (χ2v) is 2.55. The number of carbonyl (C=O) groups is 1. The van der Waals surface area contributed by atoms with Crippen LogP contribution in [0.2, 0.25) is 0 Å². The third-order valence-corrected chi connectivity index (χ3v) is 1.65. The first-order chi connectivity index (χ1) is 5.24. The molecule has 1 aliphatic rings. The van der Waals surface area contributed by atoms with E-state index in [1.807, 2.05) is 0 Å². The summed E-state index contributed by atoms with van der Waals surface area (Å²) >= 11 is 0. The highest BCUT2D eigenvalue weighted by atomic mass is 35.5. The molecule has 3 nitrogen and oxygen atoms in total. The molecule has 0 aliphatic carbocycles. The zero-order chi connectivity index (χ0) is 8.27. The van der Waals surface area contributed by atoms with Crippen LogP contribution in [0.25, 0.3) is 0 Å². The molecule has 1 aliphatic heterocycles. The highest BCUT2D eigenvalue weighted by Gasteiger charge is 2.29. The lowest BCUT2D eigenvalue weighted by atomic mass is 10.2. The molecule has 0 bridgehead atoms. The molecule has 0 radical (unpaired) electrons. The van der Waals surface area contributed by atoms with E-state index in [2.05, 4.69) is 5.32 Å². The van der Waals surface area contributed by atoms with Gasteiger partial charge in [0.15, 0.2) is 0 Å². The lowest BCUT2D eigenvalue weighted by Crippen LogP contribution is -2.32. The Kier molecular flexibility index (Phi) is 5.17. The van der Waals surface area contributed by atoms with Crippen molar-refractivity contribution >= 4 is 18.4 Å². The van der Waals surface area contributed by atoms with Crippen molar-refractivity contribution in [2.24, 2.45) is 0 Å². The largest absolute Gasteiger partial charge is 0.465 e. The van der Waals surface area contributed by atoms with Crippen molar-refractivity contribution in [3.63, 3.8) is 0 Å². The standard InChI is InChI=1S/C7H12FNO2.ClH/c1-2-11-7(10)6-3-5(8)4-9-6;/h5-6,9H,2-4H2,1H3;1H. The molecule has 5 heteroatoms. The molecule has 1 saturated heterocycles. The first-order valence-electron chi connectivity index (χ1n) is 3.78. The lowest BCUT2D eigenvalue weighted by Gasteiger charge is -2.07. The molecule has 12 heavy (non-hydrogen) atoms. The summed E-state index contributed by atoms with van der Waals surface area (Å²) in [5, 5.41) is 2.74. The van der Waals surface area contributed by atoms with Gasteiger partial charge in [0.25, 0.3) is 0 Å². The average molecular weight is 198 g/mol. The maximum atomic E-state index is 12.5. The number of halogens is 2. The van der Waals surface area contributed by atoms with Crippen LogP contribution in [0.4, 0.5) is 4.39 Å². The van der Waals surface area contributed by atoms with E-state index in [9.17, 15) is 9.18 Å². The fourth-order valence-electron chi connectivity index (χ4n) is 1.11. The summed E-state index contributed by atoms with van der Waals surface area (Å²) < 4.78 is 17.2. The molecule has 2 atom stereocenters. The number of rotatable bonds is 2. The molecule has 0 aromatic carbocycles. The molecule has 0 amide bonds. The lowest BCUT2D eigenvalue weighted by molar-refractivity contribution is -0.145. The Bertz CT molecular complexity index is 156. The smallest absolute Gasteiger partial charge is 0.323 e. The predicted molar refractivity (Wildman–Crippen MR) is 45.2 cm³/mol. The molecule has 0 spiro atoms. The van der Waals surface area contributed by atoms with Crippen LogP contribution >= 0.6 is 12.4 Å². The van der Waals surface area contributed by atoms with E-state index in [0.29, 0.717) is 6.61 Å². The van der Waals surface area contributed by atoms with Gasteiger partial charge in [0, 0.05) is 13.0 Å². The summed E-state index contributed by atoms with van der Waals surface area (Å²) in [5.41, 5.74) is 0. The van der Waals surface area contributed by atoms with E-state index >= 15 is 0 Å². The number of hydrogen-bond donors (Lipinski definition) is 1. The van der Waals surface area contributed by atoms with Crippen molar-refractivity contribution < 1.29 is 13.9 Å². The normalized spacial score (nSPS) is 27.8. The highest BCUT2D eigenvalue weighted by Crippen LogP contribution is 2.10. The number of ether oxygens (including phenoxy) is 1. The van der Waals surface area contributed by atoms with Gasteiger partial charge in [-0.3, -0.25) is 4.79 Å². The van der Waals surface area contributed by atoms with E-state index in [1.165, 1.54) is 0 Å². The Morgan fingerprint density at radius 2 is 2.42 bits per heavy atom. The first kappa shape index (κ1) is 11.6. The first-order valence-corrected chi connectivity index (χ1v) is 3.78. The van der Waals surface area contributed by atoms with Crippen molar-refractivity contribution in [2.45, 2.75) is 25.6 Å². The molecule has 1 fully saturated rings. The van der Waals surface area contributed by atoms with Gasteiger partial charge in [-0.25, -0.2) is 4.39 Å². The number of nitrogens with one attached hydrogen (secondary N) is 1.